The van der Waals surface area contributed by atoms with Gasteiger partial charge in [0.15, 0.2) is 0 Å². The molecule has 0 fully saturated rings. The van der Waals surface area contributed by atoms with Gasteiger partial charge in [-0.3, -0.25) is 4.98 Å². The SMILES string of the molecule is CC(C)Cc1cc(N)c2cccc(C(C)(C)C)c2n1. The Kier molecular flexibility index (Phi) is 3.53. The zero-order chi connectivity index (χ0) is 14.2. The molecule has 2 nitrogen and oxygen atoms in total. The maximum atomic E-state index is 6.20. The van der Waals surface area contributed by atoms with Crippen molar-refractivity contribution in [3.63, 3.8) is 0 Å². The summed E-state index contributed by atoms with van der Waals surface area (Å²) in [6.07, 6.45) is 0.971. The highest BCUT2D eigenvalue weighted by atomic mass is 14.7. The molecule has 0 amide bonds. The molecule has 0 aliphatic rings. The van der Waals surface area contributed by atoms with Crippen LogP contribution in [0.2, 0.25) is 0 Å². The van der Waals surface area contributed by atoms with Gasteiger partial charge in [-0.05, 0) is 29.4 Å². The van der Waals surface area contributed by atoms with Gasteiger partial charge in [0.2, 0.25) is 0 Å². The maximum Gasteiger partial charge on any atom is 0.0763 e. The molecule has 0 unspecified atom stereocenters. The van der Waals surface area contributed by atoms with E-state index in [1.165, 1.54) is 5.56 Å². The standard InChI is InChI=1S/C17H24N2/c1-11(2)9-12-10-15(18)13-7-6-8-14(16(13)19-12)17(3,4)5/h6-8,10-11H,9H2,1-5H3,(H2,18,19). The normalized spacial score (nSPS) is 12.3. The average molecular weight is 256 g/mol. The van der Waals surface area contributed by atoms with Crippen LogP contribution in [-0.2, 0) is 11.8 Å². The first-order chi connectivity index (χ1) is 8.79. The molecule has 2 N–H and O–H groups in total. The molecule has 2 heteroatoms. The monoisotopic (exact) mass is 256 g/mol. The lowest BCUT2D eigenvalue weighted by Gasteiger charge is -2.21. The summed E-state index contributed by atoms with van der Waals surface area (Å²) in [5.41, 5.74) is 10.5. The third-order valence-corrected chi connectivity index (χ3v) is 3.35. The van der Waals surface area contributed by atoms with Crippen LogP contribution in [0.5, 0.6) is 0 Å². The van der Waals surface area contributed by atoms with Crippen molar-refractivity contribution in [1.82, 2.24) is 4.98 Å². The number of pyridine rings is 1. The second kappa shape index (κ2) is 4.84. The topological polar surface area (TPSA) is 38.9 Å². The summed E-state index contributed by atoms with van der Waals surface area (Å²) < 4.78 is 0. The van der Waals surface area contributed by atoms with Gasteiger partial charge in [-0.15, -0.1) is 0 Å². The van der Waals surface area contributed by atoms with Gasteiger partial charge in [0.1, 0.15) is 0 Å². The van der Waals surface area contributed by atoms with Crippen LogP contribution in [0.25, 0.3) is 10.9 Å². The zero-order valence-electron chi connectivity index (χ0n) is 12.6. The van der Waals surface area contributed by atoms with E-state index >= 15 is 0 Å². The quantitative estimate of drug-likeness (QED) is 0.869. The highest BCUT2D eigenvalue weighted by Gasteiger charge is 2.18. The number of hydrogen-bond donors (Lipinski definition) is 1. The number of para-hydroxylation sites is 1. The smallest absolute Gasteiger partial charge is 0.0763 e. The van der Waals surface area contributed by atoms with Gasteiger partial charge < -0.3 is 5.73 Å². The van der Waals surface area contributed by atoms with Crippen molar-refractivity contribution >= 4 is 16.6 Å². The Morgan fingerprint density at radius 2 is 1.89 bits per heavy atom. The second-order valence-electron chi connectivity index (χ2n) is 6.75. The number of rotatable bonds is 2. The molecule has 1 aromatic carbocycles. The first kappa shape index (κ1) is 13.9. The summed E-state index contributed by atoms with van der Waals surface area (Å²) >= 11 is 0. The third-order valence-electron chi connectivity index (χ3n) is 3.35. The van der Waals surface area contributed by atoms with Crippen molar-refractivity contribution < 1.29 is 0 Å². The molecule has 2 rings (SSSR count). The van der Waals surface area contributed by atoms with E-state index in [2.05, 4.69) is 52.8 Å². The number of anilines is 1. The Bertz CT molecular complexity index is 592. The van der Waals surface area contributed by atoms with Crippen LogP contribution in [0.4, 0.5) is 5.69 Å². The number of aromatic nitrogens is 1. The Morgan fingerprint density at radius 1 is 1.21 bits per heavy atom. The molecule has 0 aliphatic carbocycles. The molecular weight excluding hydrogens is 232 g/mol. The minimum atomic E-state index is 0.0788. The molecule has 19 heavy (non-hydrogen) atoms. The van der Waals surface area contributed by atoms with E-state index in [9.17, 15) is 0 Å². The molecule has 0 saturated carbocycles. The fourth-order valence-corrected chi connectivity index (χ4v) is 2.46. The van der Waals surface area contributed by atoms with Crippen LogP contribution in [0.1, 0.15) is 45.9 Å². The summed E-state index contributed by atoms with van der Waals surface area (Å²) in [6.45, 7) is 11.1. The summed E-state index contributed by atoms with van der Waals surface area (Å²) in [6, 6.07) is 8.32. The fraction of sp³-hybridized carbons (Fsp3) is 0.471. The minimum absolute atomic E-state index is 0.0788. The van der Waals surface area contributed by atoms with Gasteiger partial charge in [-0.25, -0.2) is 0 Å². The fourth-order valence-electron chi connectivity index (χ4n) is 2.46. The largest absolute Gasteiger partial charge is 0.398 e. The van der Waals surface area contributed by atoms with Gasteiger partial charge in [-0.2, -0.15) is 0 Å². The number of hydrogen-bond acceptors (Lipinski definition) is 2. The van der Waals surface area contributed by atoms with E-state index in [0.717, 1.165) is 28.7 Å². The molecule has 1 heterocycles. The van der Waals surface area contributed by atoms with E-state index in [0.29, 0.717) is 5.92 Å². The molecule has 102 valence electrons. The summed E-state index contributed by atoms with van der Waals surface area (Å²) in [5.74, 6) is 0.589. The lowest BCUT2D eigenvalue weighted by atomic mass is 9.85. The second-order valence-corrected chi connectivity index (χ2v) is 6.75. The van der Waals surface area contributed by atoms with Gasteiger partial charge >= 0.3 is 0 Å². The molecule has 1 aromatic heterocycles. The first-order valence-electron chi connectivity index (χ1n) is 6.97. The molecule has 2 aromatic rings. The van der Waals surface area contributed by atoms with Crippen molar-refractivity contribution in [3.8, 4) is 0 Å². The molecule has 0 saturated heterocycles. The maximum absolute atomic E-state index is 6.20. The van der Waals surface area contributed by atoms with Gasteiger partial charge in [0, 0.05) is 16.8 Å². The van der Waals surface area contributed by atoms with Crippen LogP contribution >= 0.6 is 0 Å². The highest BCUT2D eigenvalue weighted by Crippen LogP contribution is 2.31. The van der Waals surface area contributed by atoms with Gasteiger partial charge in [-0.1, -0.05) is 52.8 Å². The average Bonchev–Trinajstić information content (AvgIpc) is 2.26. The molecule has 0 radical (unpaired) electrons. The molecule has 0 atom stereocenters. The van der Waals surface area contributed by atoms with Crippen molar-refractivity contribution in [2.24, 2.45) is 5.92 Å². The van der Waals surface area contributed by atoms with Gasteiger partial charge in [0.25, 0.3) is 0 Å². The highest BCUT2D eigenvalue weighted by molar-refractivity contribution is 5.92. The number of benzene rings is 1. The van der Waals surface area contributed by atoms with Crippen LogP contribution < -0.4 is 5.73 Å². The predicted octanol–water partition coefficient (Wildman–Crippen LogP) is 4.31. The van der Waals surface area contributed by atoms with Crippen LogP contribution in [0.3, 0.4) is 0 Å². The summed E-state index contributed by atoms with van der Waals surface area (Å²) in [5, 5.41) is 1.07. The van der Waals surface area contributed by atoms with Crippen LogP contribution in [0, 0.1) is 5.92 Å². The van der Waals surface area contributed by atoms with E-state index in [1.807, 2.05) is 6.07 Å². The molecular formula is C17H24N2. The Morgan fingerprint density at radius 3 is 2.47 bits per heavy atom. The lowest BCUT2D eigenvalue weighted by Crippen LogP contribution is -2.13. The number of nitrogens with two attached hydrogens (primary N) is 1. The van der Waals surface area contributed by atoms with Crippen molar-refractivity contribution in [2.75, 3.05) is 5.73 Å². The molecule has 0 bridgehead atoms. The lowest BCUT2D eigenvalue weighted by molar-refractivity contribution is 0.593. The number of nitrogens with zero attached hydrogens (tertiary/aromatic N) is 1. The van der Waals surface area contributed by atoms with E-state index < -0.39 is 0 Å². The summed E-state index contributed by atoms with van der Waals surface area (Å²) in [4.78, 5) is 4.86. The minimum Gasteiger partial charge on any atom is -0.398 e. The number of fused-ring (bicyclic) bond motifs is 1. The molecule has 0 aliphatic heterocycles. The van der Waals surface area contributed by atoms with Crippen molar-refractivity contribution in [1.29, 1.82) is 0 Å². The Balaban J connectivity index is 2.69. The number of nitrogen functional groups attached to an aromatic ring is 1. The van der Waals surface area contributed by atoms with Crippen LogP contribution in [-0.4, -0.2) is 4.98 Å². The molecule has 0 spiro atoms. The third kappa shape index (κ3) is 2.89. The van der Waals surface area contributed by atoms with E-state index in [-0.39, 0.29) is 5.41 Å². The van der Waals surface area contributed by atoms with Gasteiger partial charge in [0.05, 0.1) is 5.52 Å². The van der Waals surface area contributed by atoms with Crippen LogP contribution in [0.15, 0.2) is 24.3 Å². The Labute approximate surface area is 116 Å². The van der Waals surface area contributed by atoms with E-state index in [1.54, 1.807) is 0 Å². The Hall–Kier alpha value is -1.57. The predicted molar refractivity (Wildman–Crippen MR) is 83.4 cm³/mol. The first-order valence-corrected chi connectivity index (χ1v) is 6.97. The zero-order valence-corrected chi connectivity index (χ0v) is 12.6. The van der Waals surface area contributed by atoms with Crippen molar-refractivity contribution in [2.45, 2.75) is 46.5 Å². The van der Waals surface area contributed by atoms with Crippen molar-refractivity contribution in [3.05, 3.63) is 35.5 Å². The summed E-state index contributed by atoms with van der Waals surface area (Å²) in [7, 11) is 0. The van der Waals surface area contributed by atoms with E-state index in [4.69, 9.17) is 10.7 Å².